The maximum absolute atomic E-state index is 11.3. The van der Waals surface area contributed by atoms with Crippen LogP contribution in [0.2, 0.25) is 0 Å². The zero-order valence-electron chi connectivity index (χ0n) is 7.37. The van der Waals surface area contributed by atoms with E-state index >= 15 is 0 Å². The first-order chi connectivity index (χ1) is 6.29. The Morgan fingerprint density at radius 3 is 2.92 bits per heavy atom. The molecule has 2 aliphatic rings. The van der Waals surface area contributed by atoms with E-state index in [1.165, 1.54) is 12.8 Å². The molecule has 0 aromatic heterocycles. The minimum atomic E-state index is 0.167. The van der Waals surface area contributed by atoms with Gasteiger partial charge in [-0.1, -0.05) is 12.2 Å². The SMILES string of the molecule is O=C(CC1CC2C=CC1C2)N[B]I. The highest BCUT2D eigenvalue weighted by molar-refractivity contribution is 14.1. The molecule has 13 heavy (non-hydrogen) atoms. The van der Waals surface area contributed by atoms with Crippen molar-refractivity contribution in [3.05, 3.63) is 12.2 Å². The lowest BCUT2D eigenvalue weighted by molar-refractivity contribution is -0.120. The van der Waals surface area contributed by atoms with Gasteiger partial charge in [0.25, 0.3) is 0 Å². The summed E-state index contributed by atoms with van der Waals surface area (Å²) in [5, 5.41) is 4.41. The molecular weight excluding hydrogens is 276 g/mol. The Bertz CT molecular complexity index is 244. The van der Waals surface area contributed by atoms with Gasteiger partial charge in [-0.3, -0.25) is 4.79 Å². The molecule has 3 atom stereocenters. The Kier molecular flexibility index (Phi) is 2.96. The van der Waals surface area contributed by atoms with Crippen LogP contribution in [-0.2, 0) is 4.79 Å². The van der Waals surface area contributed by atoms with Gasteiger partial charge in [0.2, 0.25) is 5.91 Å². The second kappa shape index (κ2) is 4.03. The van der Waals surface area contributed by atoms with Crippen LogP contribution >= 0.6 is 22.4 Å². The Morgan fingerprint density at radius 1 is 1.54 bits per heavy atom. The molecule has 0 spiro atoms. The van der Waals surface area contributed by atoms with Gasteiger partial charge in [-0.2, -0.15) is 0 Å². The largest absolute Gasteiger partial charge is 0.393 e. The van der Waals surface area contributed by atoms with Crippen LogP contribution in [0.3, 0.4) is 0 Å². The van der Waals surface area contributed by atoms with Crippen molar-refractivity contribution in [2.24, 2.45) is 17.8 Å². The zero-order chi connectivity index (χ0) is 9.26. The summed E-state index contributed by atoms with van der Waals surface area (Å²) in [4.78, 5) is 11.3. The lowest BCUT2D eigenvalue weighted by Crippen LogP contribution is -2.27. The highest BCUT2D eigenvalue weighted by Gasteiger charge is 2.36. The van der Waals surface area contributed by atoms with E-state index < -0.39 is 0 Å². The topological polar surface area (TPSA) is 29.1 Å². The van der Waals surface area contributed by atoms with E-state index in [0.29, 0.717) is 18.3 Å². The summed E-state index contributed by atoms with van der Waals surface area (Å²) in [6.07, 6.45) is 7.80. The van der Waals surface area contributed by atoms with E-state index in [4.69, 9.17) is 0 Å². The van der Waals surface area contributed by atoms with Crippen molar-refractivity contribution in [2.75, 3.05) is 0 Å². The summed E-state index contributed by atoms with van der Waals surface area (Å²) >= 11 is 2.04. The van der Waals surface area contributed by atoms with Crippen LogP contribution in [0, 0.1) is 17.8 Å². The van der Waals surface area contributed by atoms with E-state index in [1.807, 2.05) is 22.4 Å². The highest BCUT2D eigenvalue weighted by atomic mass is 127. The number of amides is 1. The van der Waals surface area contributed by atoms with Crippen molar-refractivity contribution in [2.45, 2.75) is 19.3 Å². The predicted molar refractivity (Wildman–Crippen MR) is 61.4 cm³/mol. The molecule has 2 aliphatic carbocycles. The molecule has 0 aliphatic heterocycles. The molecule has 0 saturated heterocycles. The number of rotatable bonds is 3. The molecule has 0 aromatic carbocycles. The van der Waals surface area contributed by atoms with Gasteiger partial charge in [0, 0.05) is 6.42 Å². The third-order valence-corrected chi connectivity index (χ3v) is 3.39. The van der Waals surface area contributed by atoms with E-state index in [-0.39, 0.29) is 5.91 Å². The third kappa shape index (κ3) is 2.09. The molecule has 3 unspecified atom stereocenters. The highest BCUT2D eigenvalue weighted by Crippen LogP contribution is 2.44. The summed E-state index contributed by atoms with van der Waals surface area (Å²) in [5.41, 5.74) is 0. The number of carbonyl (C=O) groups is 1. The van der Waals surface area contributed by atoms with Crippen molar-refractivity contribution < 1.29 is 4.79 Å². The van der Waals surface area contributed by atoms with E-state index in [1.54, 1.807) is 5.27 Å². The number of fused-ring (bicyclic) bond motifs is 2. The summed E-state index contributed by atoms with van der Waals surface area (Å²) in [6.45, 7) is 0. The zero-order valence-corrected chi connectivity index (χ0v) is 9.53. The minimum absolute atomic E-state index is 0.167. The predicted octanol–water partition coefficient (Wildman–Crippen LogP) is 1.67. The Labute approximate surface area is 92.7 Å². The van der Waals surface area contributed by atoms with E-state index in [2.05, 4.69) is 17.4 Å². The van der Waals surface area contributed by atoms with Crippen LogP contribution in [0.15, 0.2) is 12.2 Å². The van der Waals surface area contributed by atoms with Gasteiger partial charge in [-0.25, -0.2) is 0 Å². The average Bonchev–Trinajstić information content (AvgIpc) is 2.65. The van der Waals surface area contributed by atoms with Crippen molar-refractivity contribution in [1.82, 2.24) is 5.23 Å². The first-order valence-corrected chi connectivity index (χ1v) is 5.93. The van der Waals surface area contributed by atoms with Crippen LogP contribution in [0.5, 0.6) is 0 Å². The number of halogens is 1. The second-order valence-corrected chi connectivity index (χ2v) is 4.54. The molecule has 2 rings (SSSR count). The van der Waals surface area contributed by atoms with Crippen LogP contribution in [0.1, 0.15) is 19.3 Å². The molecule has 4 heteroatoms. The van der Waals surface area contributed by atoms with E-state index in [0.717, 1.165) is 5.92 Å². The maximum Gasteiger partial charge on any atom is 0.330 e. The quantitative estimate of drug-likeness (QED) is 0.478. The fourth-order valence-electron chi connectivity index (χ4n) is 2.49. The Hall–Kier alpha value is 0.00494. The molecule has 2 nitrogen and oxygen atoms in total. The van der Waals surface area contributed by atoms with Crippen LogP contribution < -0.4 is 5.23 Å². The summed E-state index contributed by atoms with van der Waals surface area (Å²) in [6, 6.07) is 0. The number of hydrogen-bond donors (Lipinski definition) is 1. The maximum atomic E-state index is 11.3. The van der Waals surface area contributed by atoms with Gasteiger partial charge in [-0.15, -0.1) is 22.4 Å². The monoisotopic (exact) mass is 288 g/mol. The molecule has 1 N–H and O–H groups in total. The molecular formula is C9H12BINO. The molecule has 1 amide bonds. The summed E-state index contributed by atoms with van der Waals surface area (Å²) < 4.78 is 0. The van der Waals surface area contributed by atoms with Crippen molar-refractivity contribution in [3.8, 4) is 0 Å². The second-order valence-electron chi connectivity index (χ2n) is 3.92. The molecule has 1 fully saturated rings. The number of nitrogens with one attached hydrogen (secondary N) is 1. The first kappa shape index (κ1) is 9.56. The van der Waals surface area contributed by atoms with Crippen molar-refractivity contribution in [1.29, 1.82) is 0 Å². The Morgan fingerprint density at radius 2 is 2.38 bits per heavy atom. The Balaban J connectivity index is 1.83. The smallest absolute Gasteiger partial charge is 0.330 e. The van der Waals surface area contributed by atoms with Gasteiger partial charge in [-0.05, 0) is 30.6 Å². The van der Waals surface area contributed by atoms with E-state index in [9.17, 15) is 4.79 Å². The van der Waals surface area contributed by atoms with Crippen molar-refractivity contribution >= 4 is 33.6 Å². The first-order valence-electron chi connectivity index (χ1n) is 4.69. The molecule has 2 bridgehead atoms. The standard InChI is InChI=1S/C9H12BINO/c11-10-12-9(13)5-8-4-6-1-2-7(8)3-6/h1-2,6-8H,3-5H2,(H,12,13). The molecule has 1 radical (unpaired) electrons. The molecule has 69 valence electrons. The molecule has 0 heterocycles. The number of carbonyl (C=O) groups excluding carboxylic acids is 1. The van der Waals surface area contributed by atoms with Gasteiger partial charge < -0.3 is 5.23 Å². The number of allylic oxidation sites excluding steroid dienone is 2. The van der Waals surface area contributed by atoms with Crippen LogP contribution in [0.25, 0.3) is 0 Å². The lowest BCUT2D eigenvalue weighted by Gasteiger charge is -2.16. The van der Waals surface area contributed by atoms with Gasteiger partial charge in [0.05, 0.1) is 0 Å². The normalized spacial score (nSPS) is 35.0. The fourth-order valence-corrected chi connectivity index (χ4v) is 2.83. The summed E-state index contributed by atoms with van der Waals surface area (Å²) in [5.74, 6) is 2.23. The number of hydrogen-bond acceptors (Lipinski definition) is 1. The van der Waals surface area contributed by atoms with Crippen molar-refractivity contribution in [3.63, 3.8) is 0 Å². The lowest BCUT2D eigenvalue weighted by atomic mass is 9.90. The van der Waals surface area contributed by atoms with Gasteiger partial charge in [0.1, 0.15) is 0 Å². The molecule has 1 saturated carbocycles. The molecule has 0 aromatic rings. The van der Waals surface area contributed by atoms with Crippen LogP contribution in [0.4, 0.5) is 0 Å². The minimum Gasteiger partial charge on any atom is -0.393 e. The third-order valence-electron chi connectivity index (χ3n) is 3.08. The summed E-state index contributed by atoms with van der Waals surface area (Å²) in [7, 11) is 0. The van der Waals surface area contributed by atoms with Gasteiger partial charge in [0.15, 0.2) is 0 Å². The van der Waals surface area contributed by atoms with Crippen LogP contribution in [-0.4, -0.2) is 11.2 Å². The van der Waals surface area contributed by atoms with Gasteiger partial charge >= 0.3 is 5.27 Å². The average molecular weight is 288 g/mol. The fraction of sp³-hybridized carbons (Fsp3) is 0.667.